The number of carbonyl (C=O) groups excluding carboxylic acids is 1. The van der Waals surface area contributed by atoms with Crippen LogP contribution in [0.3, 0.4) is 0 Å². The zero-order chi connectivity index (χ0) is 13.6. The Morgan fingerprint density at radius 2 is 1.95 bits per heavy atom. The zero-order valence-corrected chi connectivity index (χ0v) is 11.4. The first kappa shape index (κ1) is 12.1. The summed E-state index contributed by atoms with van der Waals surface area (Å²) in [5.41, 5.74) is 5.20. The predicted octanol–water partition coefficient (Wildman–Crippen LogP) is 3.78. The fourth-order valence-electron chi connectivity index (χ4n) is 2.32. The lowest BCUT2D eigenvalue weighted by molar-refractivity contribution is -0.110. The molecule has 0 saturated heterocycles. The third-order valence-corrected chi connectivity index (χ3v) is 3.95. The number of rotatable bonds is 1. The second kappa shape index (κ2) is 4.28. The van der Waals surface area contributed by atoms with Crippen LogP contribution in [-0.4, -0.2) is 10.9 Å². The smallest absolute Gasteiger partial charge is 0.256 e. The number of anilines is 1. The van der Waals surface area contributed by atoms with Crippen LogP contribution in [-0.2, 0) is 4.79 Å². The fourth-order valence-corrected chi connectivity index (χ4v) is 2.47. The molecule has 0 radical (unpaired) electrons. The number of halogens is 1. The highest BCUT2D eigenvalue weighted by Crippen LogP contribution is 2.34. The molecule has 1 amide bonds. The summed E-state index contributed by atoms with van der Waals surface area (Å²) in [6.07, 6.45) is 1.86. The van der Waals surface area contributed by atoms with E-state index in [0.717, 1.165) is 33.2 Å². The number of para-hydroxylation sites is 1. The highest BCUT2D eigenvalue weighted by Gasteiger charge is 2.24. The molecule has 2 heterocycles. The second-order valence-electron chi connectivity index (χ2n) is 4.66. The third kappa shape index (κ3) is 1.87. The van der Waals surface area contributed by atoms with Crippen LogP contribution in [0.25, 0.3) is 11.6 Å². The van der Waals surface area contributed by atoms with Crippen LogP contribution >= 0.6 is 11.6 Å². The van der Waals surface area contributed by atoms with Gasteiger partial charge in [-0.05, 0) is 31.6 Å². The number of benzene rings is 1. The van der Waals surface area contributed by atoms with Crippen LogP contribution in [0.15, 0.2) is 24.3 Å². The Balaban J connectivity index is 2.14. The maximum atomic E-state index is 12.0. The number of nitrogens with one attached hydrogen (secondary N) is 2. The molecule has 96 valence electrons. The summed E-state index contributed by atoms with van der Waals surface area (Å²) in [6.45, 7) is 3.86. The van der Waals surface area contributed by atoms with E-state index in [-0.39, 0.29) is 5.91 Å². The number of hydrogen-bond donors (Lipinski definition) is 2. The quantitative estimate of drug-likeness (QED) is 0.763. The predicted molar refractivity (Wildman–Crippen MR) is 78.2 cm³/mol. The van der Waals surface area contributed by atoms with Gasteiger partial charge in [0, 0.05) is 22.6 Å². The average molecular weight is 273 g/mol. The van der Waals surface area contributed by atoms with Gasteiger partial charge in [-0.2, -0.15) is 0 Å². The number of aromatic nitrogens is 1. The molecular weight excluding hydrogens is 260 g/mol. The van der Waals surface area contributed by atoms with Crippen LogP contribution in [0.4, 0.5) is 5.69 Å². The summed E-state index contributed by atoms with van der Waals surface area (Å²) in [5.74, 6) is -0.0797. The van der Waals surface area contributed by atoms with E-state index in [4.69, 9.17) is 11.6 Å². The Morgan fingerprint density at radius 3 is 2.63 bits per heavy atom. The van der Waals surface area contributed by atoms with Crippen molar-refractivity contribution in [1.82, 2.24) is 4.98 Å². The van der Waals surface area contributed by atoms with E-state index in [9.17, 15) is 4.79 Å². The molecule has 1 aromatic carbocycles. The van der Waals surface area contributed by atoms with Crippen molar-refractivity contribution in [3.05, 3.63) is 51.8 Å². The first-order valence-electron chi connectivity index (χ1n) is 6.05. The van der Waals surface area contributed by atoms with Crippen LogP contribution in [0.1, 0.15) is 22.5 Å². The summed E-state index contributed by atoms with van der Waals surface area (Å²) in [6, 6.07) is 7.66. The van der Waals surface area contributed by atoms with Gasteiger partial charge in [-0.15, -0.1) is 0 Å². The summed E-state index contributed by atoms with van der Waals surface area (Å²) in [4.78, 5) is 15.2. The van der Waals surface area contributed by atoms with Gasteiger partial charge in [-0.1, -0.05) is 29.8 Å². The van der Waals surface area contributed by atoms with Crippen molar-refractivity contribution in [3.63, 3.8) is 0 Å². The molecule has 4 heteroatoms. The van der Waals surface area contributed by atoms with Crippen LogP contribution in [0.5, 0.6) is 0 Å². The van der Waals surface area contributed by atoms with Crippen molar-refractivity contribution in [2.75, 3.05) is 5.32 Å². The monoisotopic (exact) mass is 272 g/mol. The maximum absolute atomic E-state index is 12.0. The van der Waals surface area contributed by atoms with Crippen molar-refractivity contribution in [1.29, 1.82) is 0 Å². The van der Waals surface area contributed by atoms with Crippen molar-refractivity contribution in [3.8, 4) is 0 Å². The molecule has 2 N–H and O–H groups in total. The number of H-pyrrole nitrogens is 1. The normalized spacial score (nSPS) is 15.7. The van der Waals surface area contributed by atoms with E-state index in [2.05, 4.69) is 10.3 Å². The van der Waals surface area contributed by atoms with Gasteiger partial charge in [-0.25, -0.2) is 0 Å². The third-order valence-electron chi connectivity index (χ3n) is 3.38. The molecule has 3 rings (SSSR count). The van der Waals surface area contributed by atoms with E-state index in [1.54, 1.807) is 0 Å². The number of amides is 1. The summed E-state index contributed by atoms with van der Waals surface area (Å²) in [7, 11) is 0. The van der Waals surface area contributed by atoms with Gasteiger partial charge in [0.05, 0.1) is 10.6 Å². The number of aromatic amines is 1. The molecule has 3 nitrogen and oxygen atoms in total. The first-order valence-corrected chi connectivity index (χ1v) is 6.43. The Kier molecular flexibility index (Phi) is 2.72. The lowest BCUT2D eigenvalue weighted by Gasteiger charge is -1.97. The van der Waals surface area contributed by atoms with Gasteiger partial charge in [0.15, 0.2) is 0 Å². The summed E-state index contributed by atoms with van der Waals surface area (Å²) in [5, 5.41) is 3.58. The number of fused-ring (bicyclic) bond motifs is 1. The minimum Gasteiger partial charge on any atom is -0.358 e. The highest BCUT2D eigenvalue weighted by molar-refractivity contribution is 6.35. The van der Waals surface area contributed by atoms with Gasteiger partial charge in [0.25, 0.3) is 5.91 Å². The van der Waals surface area contributed by atoms with Crippen molar-refractivity contribution in [2.45, 2.75) is 13.8 Å². The number of hydrogen-bond acceptors (Lipinski definition) is 1. The molecule has 0 aliphatic carbocycles. The van der Waals surface area contributed by atoms with Crippen LogP contribution < -0.4 is 5.32 Å². The molecule has 1 aliphatic rings. The topological polar surface area (TPSA) is 44.9 Å². The molecular formula is C15H13ClN2O. The van der Waals surface area contributed by atoms with Gasteiger partial charge in [0.2, 0.25) is 0 Å². The summed E-state index contributed by atoms with van der Waals surface area (Å²) < 4.78 is 0. The van der Waals surface area contributed by atoms with E-state index in [1.807, 2.05) is 44.2 Å². The lowest BCUT2D eigenvalue weighted by atomic mass is 10.1. The molecule has 2 aromatic rings. The van der Waals surface area contributed by atoms with Gasteiger partial charge in [0.1, 0.15) is 0 Å². The van der Waals surface area contributed by atoms with E-state index in [0.29, 0.717) is 5.57 Å². The second-order valence-corrected chi connectivity index (χ2v) is 5.04. The molecule has 0 spiro atoms. The molecule has 1 aromatic heterocycles. The van der Waals surface area contributed by atoms with Gasteiger partial charge >= 0.3 is 0 Å². The average Bonchev–Trinajstić information content (AvgIpc) is 2.83. The molecule has 1 aliphatic heterocycles. The largest absolute Gasteiger partial charge is 0.358 e. The van der Waals surface area contributed by atoms with Crippen molar-refractivity contribution >= 4 is 34.8 Å². The fraction of sp³-hybridized carbons (Fsp3) is 0.133. The zero-order valence-electron chi connectivity index (χ0n) is 10.7. The van der Waals surface area contributed by atoms with E-state index < -0.39 is 0 Å². The molecule has 0 bridgehead atoms. The highest BCUT2D eigenvalue weighted by atomic mass is 35.5. The van der Waals surface area contributed by atoms with Crippen LogP contribution in [0.2, 0.25) is 5.02 Å². The minimum atomic E-state index is -0.0797. The Morgan fingerprint density at radius 1 is 1.21 bits per heavy atom. The van der Waals surface area contributed by atoms with Crippen molar-refractivity contribution in [2.24, 2.45) is 0 Å². The molecule has 0 saturated carbocycles. The van der Waals surface area contributed by atoms with Gasteiger partial charge < -0.3 is 10.3 Å². The Labute approximate surface area is 116 Å². The van der Waals surface area contributed by atoms with E-state index in [1.165, 1.54) is 0 Å². The maximum Gasteiger partial charge on any atom is 0.256 e. The first-order chi connectivity index (χ1) is 9.08. The minimum absolute atomic E-state index is 0.0797. The Hall–Kier alpha value is -2.00. The molecule has 0 atom stereocenters. The Bertz CT molecular complexity index is 713. The van der Waals surface area contributed by atoms with E-state index >= 15 is 0 Å². The summed E-state index contributed by atoms with van der Waals surface area (Å²) >= 11 is 6.16. The number of aryl methyl sites for hydroxylation is 1. The lowest BCUT2D eigenvalue weighted by Crippen LogP contribution is -2.03. The van der Waals surface area contributed by atoms with Gasteiger partial charge in [-0.3, -0.25) is 4.79 Å². The van der Waals surface area contributed by atoms with Crippen LogP contribution in [0, 0.1) is 13.8 Å². The molecule has 19 heavy (non-hydrogen) atoms. The van der Waals surface area contributed by atoms with Crippen molar-refractivity contribution < 1.29 is 4.79 Å². The molecule has 0 unspecified atom stereocenters. The SMILES string of the molecule is Cc1[nH]c(/C=C2\C(=O)Nc3ccccc32)c(C)c1Cl. The standard InChI is InChI=1S/C15H13ClN2O/c1-8-13(17-9(2)14(8)16)7-11-10-5-3-4-6-12(10)18-15(11)19/h3-7,17H,1-2H3,(H,18,19)/b11-7-. The molecule has 0 fully saturated rings. The number of carbonyl (C=O) groups is 1.